The molecule has 0 aromatic heterocycles. The highest BCUT2D eigenvalue weighted by Crippen LogP contribution is 2.42. The molecule has 3 aliphatic rings. The summed E-state index contributed by atoms with van der Waals surface area (Å²) in [5.74, 6) is -0.209. The van der Waals surface area contributed by atoms with Gasteiger partial charge in [-0.25, -0.2) is 4.79 Å². The van der Waals surface area contributed by atoms with Gasteiger partial charge in [0, 0.05) is 54.9 Å². The zero-order valence-corrected chi connectivity index (χ0v) is 45.6. The van der Waals surface area contributed by atoms with E-state index in [1.165, 1.54) is 26.2 Å². The van der Waals surface area contributed by atoms with Crippen LogP contribution < -0.4 is 44.4 Å². The van der Waals surface area contributed by atoms with E-state index >= 15 is 0 Å². The van der Waals surface area contributed by atoms with Gasteiger partial charge in [-0.3, -0.25) is 34.1 Å². The van der Waals surface area contributed by atoms with Gasteiger partial charge in [-0.15, -0.1) is 0 Å². The van der Waals surface area contributed by atoms with Crippen LogP contribution in [0, 0.1) is 0 Å². The van der Waals surface area contributed by atoms with Crippen LogP contribution in [0.3, 0.4) is 0 Å². The van der Waals surface area contributed by atoms with Gasteiger partial charge in [-0.05, 0) is 111 Å². The first kappa shape index (κ1) is 57.9. The van der Waals surface area contributed by atoms with Crippen molar-refractivity contribution in [1.82, 2.24) is 20.4 Å². The fraction of sp³-hybridized carbons (Fsp3) is 0.475. The number of ether oxygens (including phenoxy) is 7. The van der Waals surface area contributed by atoms with Crippen LogP contribution in [-0.4, -0.2) is 119 Å². The Morgan fingerprint density at radius 2 is 1.47 bits per heavy atom. The number of carbonyl (C=O) groups is 7. The number of benzene rings is 4. The highest BCUT2D eigenvalue weighted by molar-refractivity contribution is 6.07. The van der Waals surface area contributed by atoms with E-state index in [-0.39, 0.29) is 62.0 Å². The normalized spacial score (nSPS) is 16.8. The average Bonchev–Trinajstić information content (AvgIpc) is 3.83. The lowest BCUT2D eigenvalue weighted by Gasteiger charge is -2.37. The van der Waals surface area contributed by atoms with Crippen molar-refractivity contribution in [2.45, 2.75) is 127 Å². The van der Waals surface area contributed by atoms with Crippen molar-refractivity contribution in [1.29, 1.82) is 0 Å². The Morgan fingerprint density at radius 3 is 2.19 bits per heavy atom. The summed E-state index contributed by atoms with van der Waals surface area (Å²) in [5.41, 5.74) is 3.78. The van der Waals surface area contributed by atoms with Crippen molar-refractivity contribution >= 4 is 47.1 Å². The standard InChI is InChI=1S/C59H73N5O14/c1-7-39(38-33-50(74-4)55(76-6)51(34-38)75-5)57(69)63-31-16-14-21-45(63)59(71)78-47(27-24-37-25-28-48(72-2)49(32-37)73-3)41-18-12-13-22-46(41)77-36-54(67)60-30-15-10-8-9-11-23-52(65)61-43-20-17-19-40-42(43)35-64(58(40)70)44-26-29-53(66)62-56(44)68/h12-13,17-20,22,25,28,32-34,39,44-45,47H,7-11,14-16,21,23-24,26-27,29-31,35-36H2,1-6H3,(H,60,67)(H,61,65)(H,62,66,68)/t39-,44?,45-,47+/m0/s1. The zero-order chi connectivity index (χ0) is 55.7. The lowest BCUT2D eigenvalue weighted by Crippen LogP contribution is -2.52. The van der Waals surface area contributed by atoms with Gasteiger partial charge in [0.2, 0.25) is 29.4 Å². The van der Waals surface area contributed by atoms with E-state index in [9.17, 15) is 33.6 Å². The number of fused-ring (bicyclic) bond motifs is 1. The summed E-state index contributed by atoms with van der Waals surface area (Å²) in [7, 11) is 7.70. The molecular formula is C59H73N5O14. The Balaban J connectivity index is 0.918. The molecule has 19 heteroatoms. The van der Waals surface area contributed by atoms with Gasteiger partial charge >= 0.3 is 5.97 Å². The molecule has 4 aromatic rings. The van der Waals surface area contributed by atoms with E-state index < -0.39 is 36.0 Å². The summed E-state index contributed by atoms with van der Waals surface area (Å²) >= 11 is 0. The van der Waals surface area contributed by atoms with Crippen LogP contribution in [-0.2, 0) is 46.5 Å². The van der Waals surface area contributed by atoms with Gasteiger partial charge < -0.3 is 53.6 Å². The number of carbonyl (C=O) groups excluding carboxylic acids is 7. The maximum Gasteiger partial charge on any atom is 0.329 e. The number of piperidine rings is 2. The molecule has 0 saturated carbocycles. The monoisotopic (exact) mass is 1080 g/mol. The molecular weight excluding hydrogens is 1000 g/mol. The van der Waals surface area contributed by atoms with Crippen molar-refractivity contribution in [3.8, 4) is 34.5 Å². The number of unbranched alkanes of at least 4 members (excludes halogenated alkanes) is 4. The van der Waals surface area contributed by atoms with Crippen molar-refractivity contribution in [3.63, 3.8) is 0 Å². The summed E-state index contributed by atoms with van der Waals surface area (Å²) in [5, 5.41) is 8.18. The lowest BCUT2D eigenvalue weighted by molar-refractivity contribution is -0.162. The topological polar surface area (TPSA) is 227 Å². The van der Waals surface area contributed by atoms with Crippen molar-refractivity contribution in [2.75, 3.05) is 60.6 Å². The molecule has 6 amide bonds. The second-order valence-electron chi connectivity index (χ2n) is 19.6. The lowest BCUT2D eigenvalue weighted by atomic mass is 9.91. The number of methoxy groups -OCH3 is 5. The number of amides is 6. The fourth-order valence-corrected chi connectivity index (χ4v) is 10.5. The third-order valence-corrected chi connectivity index (χ3v) is 14.6. The number of nitrogens with zero attached hydrogens (tertiary/aromatic N) is 2. The molecule has 3 heterocycles. The molecule has 0 aliphatic carbocycles. The smallest absolute Gasteiger partial charge is 0.329 e. The molecule has 1 unspecified atom stereocenters. The number of hydrogen-bond acceptors (Lipinski definition) is 14. The van der Waals surface area contributed by atoms with Gasteiger partial charge in [0.15, 0.2) is 29.6 Å². The molecule has 3 aliphatic heterocycles. The number of rotatable bonds is 27. The molecule has 7 rings (SSSR count). The third-order valence-electron chi connectivity index (χ3n) is 14.6. The fourth-order valence-electron chi connectivity index (χ4n) is 10.5. The molecule has 2 saturated heterocycles. The number of nitrogens with one attached hydrogen (secondary N) is 3. The molecule has 3 N–H and O–H groups in total. The van der Waals surface area contributed by atoms with E-state index in [1.54, 1.807) is 61.6 Å². The van der Waals surface area contributed by atoms with Crippen LogP contribution in [0.15, 0.2) is 72.8 Å². The SMILES string of the molecule is CC[C@H](C(=O)N1CCCC[C@H]1C(=O)O[C@H](CCc1ccc(OC)c(OC)c1)c1ccccc1OCC(=O)NCCCCCCCC(=O)Nc1cccc2c1CN(C1CCC(=O)NC1=O)C2=O)c1cc(OC)c(OC)c(OC)c1. The molecule has 0 radical (unpaired) electrons. The second-order valence-corrected chi connectivity index (χ2v) is 19.6. The third kappa shape index (κ3) is 14.2. The molecule has 2 fully saturated rings. The quantitative estimate of drug-likeness (QED) is 0.0295. The summed E-state index contributed by atoms with van der Waals surface area (Å²) in [6.45, 7) is 2.62. The molecule has 4 aromatic carbocycles. The molecule has 418 valence electrons. The van der Waals surface area contributed by atoms with Crippen LogP contribution in [0.1, 0.15) is 135 Å². The van der Waals surface area contributed by atoms with Crippen LogP contribution in [0.25, 0.3) is 0 Å². The van der Waals surface area contributed by atoms with Crippen LogP contribution in [0.5, 0.6) is 34.5 Å². The van der Waals surface area contributed by atoms with Crippen LogP contribution in [0.2, 0.25) is 0 Å². The number of imide groups is 1. The van der Waals surface area contributed by atoms with E-state index in [0.717, 1.165) is 44.1 Å². The Bertz CT molecular complexity index is 2780. The second kappa shape index (κ2) is 28.0. The van der Waals surface area contributed by atoms with Gasteiger partial charge in [0.25, 0.3) is 11.8 Å². The van der Waals surface area contributed by atoms with Crippen molar-refractivity contribution < 1.29 is 66.7 Å². The average molecular weight is 1080 g/mol. The molecule has 0 bridgehead atoms. The first-order chi connectivity index (χ1) is 37.8. The summed E-state index contributed by atoms with van der Waals surface area (Å²) in [4.78, 5) is 95.8. The minimum absolute atomic E-state index is 0.158. The number of para-hydroxylation sites is 1. The van der Waals surface area contributed by atoms with E-state index in [4.69, 9.17) is 33.2 Å². The highest BCUT2D eigenvalue weighted by atomic mass is 16.6. The Kier molecular flexibility index (Phi) is 20.8. The Hall–Kier alpha value is -7.83. The molecule has 4 atom stereocenters. The van der Waals surface area contributed by atoms with E-state index in [1.807, 2.05) is 37.3 Å². The first-order valence-corrected chi connectivity index (χ1v) is 26.9. The number of hydrogen-bond donors (Lipinski definition) is 3. The Morgan fingerprint density at radius 1 is 0.744 bits per heavy atom. The summed E-state index contributed by atoms with van der Waals surface area (Å²) in [6, 6.07) is 19.9. The van der Waals surface area contributed by atoms with Gasteiger partial charge in [-0.2, -0.15) is 0 Å². The maximum absolute atomic E-state index is 14.6. The summed E-state index contributed by atoms with van der Waals surface area (Å²) < 4.78 is 40.4. The van der Waals surface area contributed by atoms with Crippen molar-refractivity contribution in [3.05, 3.63) is 101 Å². The predicted octanol–water partition coefficient (Wildman–Crippen LogP) is 7.76. The molecule has 19 nitrogen and oxygen atoms in total. The number of aryl methyl sites for hydroxylation is 1. The van der Waals surface area contributed by atoms with E-state index in [2.05, 4.69) is 16.0 Å². The zero-order valence-electron chi connectivity index (χ0n) is 45.6. The largest absolute Gasteiger partial charge is 0.493 e. The van der Waals surface area contributed by atoms with Gasteiger partial charge in [0.05, 0.1) is 41.5 Å². The predicted molar refractivity (Wildman–Crippen MR) is 289 cm³/mol. The number of likely N-dealkylation sites (tertiary alicyclic amines) is 1. The minimum Gasteiger partial charge on any atom is -0.493 e. The van der Waals surface area contributed by atoms with Gasteiger partial charge in [0.1, 0.15) is 23.9 Å². The van der Waals surface area contributed by atoms with Crippen LogP contribution in [0.4, 0.5) is 5.69 Å². The van der Waals surface area contributed by atoms with Crippen molar-refractivity contribution in [2.24, 2.45) is 0 Å². The van der Waals surface area contributed by atoms with Crippen LogP contribution >= 0.6 is 0 Å². The first-order valence-electron chi connectivity index (χ1n) is 26.9. The minimum atomic E-state index is -0.845. The summed E-state index contributed by atoms with van der Waals surface area (Å²) in [6.07, 6.45) is 6.88. The number of anilines is 1. The van der Waals surface area contributed by atoms with E-state index in [0.29, 0.717) is 108 Å². The molecule has 0 spiro atoms. The molecule has 78 heavy (non-hydrogen) atoms. The maximum atomic E-state index is 14.6. The van der Waals surface area contributed by atoms with Gasteiger partial charge in [-0.1, -0.05) is 56.5 Å². The number of esters is 1. The Labute approximate surface area is 455 Å². The highest BCUT2D eigenvalue weighted by Gasteiger charge is 2.41.